The number of carbonyl (C=O) groups excluding carboxylic acids is 2. The maximum absolute atomic E-state index is 11.9. The minimum Gasteiger partial charge on any atom is -0.463 e. The molecule has 1 aromatic carbocycles. The van der Waals surface area contributed by atoms with E-state index >= 15 is 0 Å². The lowest BCUT2D eigenvalue weighted by atomic mass is 10.1. The first-order chi connectivity index (χ1) is 9.10. The van der Waals surface area contributed by atoms with Gasteiger partial charge < -0.3 is 14.2 Å². The second-order valence-electron chi connectivity index (χ2n) is 3.86. The number of hydrogen-bond donors (Lipinski definition) is 0. The number of methoxy groups -OCH3 is 1. The minimum absolute atomic E-state index is 0.243. The van der Waals surface area contributed by atoms with Crippen LogP contribution in [-0.4, -0.2) is 31.8 Å². The lowest BCUT2D eigenvalue weighted by molar-refractivity contribution is -0.173. The summed E-state index contributed by atoms with van der Waals surface area (Å²) in [5.41, 5.74) is 0.672. The van der Waals surface area contributed by atoms with Gasteiger partial charge in [-0.1, -0.05) is 30.3 Å². The van der Waals surface area contributed by atoms with E-state index in [4.69, 9.17) is 14.2 Å². The molecule has 5 nitrogen and oxygen atoms in total. The summed E-state index contributed by atoms with van der Waals surface area (Å²) in [7, 11) is 1.41. The van der Waals surface area contributed by atoms with E-state index in [9.17, 15) is 9.59 Å². The number of esters is 2. The first kappa shape index (κ1) is 15.2. The second kappa shape index (κ2) is 7.53. The van der Waals surface area contributed by atoms with Crippen LogP contribution in [0.5, 0.6) is 0 Å². The van der Waals surface area contributed by atoms with Crippen molar-refractivity contribution in [2.45, 2.75) is 26.1 Å². The molecule has 0 amide bonds. The molecule has 0 aliphatic carbocycles. The summed E-state index contributed by atoms with van der Waals surface area (Å²) in [4.78, 5) is 23.3. The van der Waals surface area contributed by atoms with E-state index in [1.54, 1.807) is 31.2 Å². The molecule has 0 bridgehead atoms. The van der Waals surface area contributed by atoms with Crippen molar-refractivity contribution in [1.82, 2.24) is 0 Å². The van der Waals surface area contributed by atoms with Crippen LogP contribution < -0.4 is 0 Å². The molecule has 0 aromatic heterocycles. The third-order valence-electron chi connectivity index (χ3n) is 2.46. The van der Waals surface area contributed by atoms with Crippen LogP contribution in [0.25, 0.3) is 0 Å². The molecule has 1 rings (SSSR count). The number of hydrogen-bond acceptors (Lipinski definition) is 5. The fourth-order valence-corrected chi connectivity index (χ4v) is 1.54. The lowest BCUT2D eigenvalue weighted by Crippen LogP contribution is -2.29. The summed E-state index contributed by atoms with van der Waals surface area (Å²) in [6, 6.07) is 8.94. The fraction of sp³-hybridized carbons (Fsp3) is 0.429. The molecule has 19 heavy (non-hydrogen) atoms. The van der Waals surface area contributed by atoms with E-state index in [-0.39, 0.29) is 6.61 Å². The highest BCUT2D eigenvalue weighted by molar-refractivity contribution is 5.81. The van der Waals surface area contributed by atoms with Gasteiger partial charge in [-0.25, -0.2) is 9.59 Å². The zero-order valence-electron chi connectivity index (χ0n) is 11.3. The van der Waals surface area contributed by atoms with E-state index in [0.29, 0.717) is 5.56 Å². The van der Waals surface area contributed by atoms with Crippen molar-refractivity contribution in [3.63, 3.8) is 0 Å². The molecule has 0 aliphatic rings. The van der Waals surface area contributed by atoms with E-state index < -0.39 is 24.1 Å². The Labute approximate surface area is 112 Å². The Kier molecular flexibility index (Phi) is 6.02. The summed E-state index contributed by atoms with van der Waals surface area (Å²) in [5, 5.41) is 0. The third kappa shape index (κ3) is 4.37. The molecule has 0 heterocycles. The van der Waals surface area contributed by atoms with Gasteiger partial charge in [-0.3, -0.25) is 0 Å². The number of benzene rings is 1. The molecular formula is C14H18O5. The number of ether oxygens (including phenoxy) is 3. The maximum atomic E-state index is 11.9. The van der Waals surface area contributed by atoms with E-state index in [2.05, 4.69) is 0 Å². The molecule has 1 aromatic rings. The molecule has 0 aliphatic heterocycles. The molecule has 2 unspecified atom stereocenters. The van der Waals surface area contributed by atoms with Crippen molar-refractivity contribution in [1.29, 1.82) is 0 Å². The van der Waals surface area contributed by atoms with Crippen molar-refractivity contribution >= 4 is 11.9 Å². The summed E-state index contributed by atoms with van der Waals surface area (Å²) in [6.45, 7) is 3.40. The van der Waals surface area contributed by atoms with Crippen LogP contribution in [0, 0.1) is 0 Å². The molecule has 104 valence electrons. The quantitative estimate of drug-likeness (QED) is 0.735. The van der Waals surface area contributed by atoms with Gasteiger partial charge in [0.05, 0.1) is 6.61 Å². The summed E-state index contributed by atoms with van der Waals surface area (Å²) >= 11 is 0. The van der Waals surface area contributed by atoms with Gasteiger partial charge in [0, 0.05) is 7.11 Å². The van der Waals surface area contributed by atoms with Crippen molar-refractivity contribution in [3.8, 4) is 0 Å². The predicted octanol–water partition coefficient (Wildman–Crippen LogP) is 1.87. The molecule has 5 heteroatoms. The molecular weight excluding hydrogens is 248 g/mol. The average Bonchev–Trinajstić information content (AvgIpc) is 2.41. The Morgan fingerprint density at radius 1 is 1.16 bits per heavy atom. The Hall–Kier alpha value is -1.88. The maximum Gasteiger partial charge on any atom is 0.347 e. The normalized spacial score (nSPS) is 13.4. The third-order valence-corrected chi connectivity index (χ3v) is 2.46. The van der Waals surface area contributed by atoms with Gasteiger partial charge in [0.25, 0.3) is 0 Å². The first-order valence-corrected chi connectivity index (χ1v) is 6.05. The van der Waals surface area contributed by atoms with Crippen LogP contribution >= 0.6 is 0 Å². The van der Waals surface area contributed by atoms with Crippen molar-refractivity contribution in [2.75, 3.05) is 13.7 Å². The van der Waals surface area contributed by atoms with E-state index in [1.807, 2.05) is 6.07 Å². The van der Waals surface area contributed by atoms with Gasteiger partial charge in [-0.15, -0.1) is 0 Å². The number of carbonyl (C=O) groups is 2. The monoisotopic (exact) mass is 266 g/mol. The van der Waals surface area contributed by atoms with Gasteiger partial charge in [-0.05, 0) is 19.4 Å². The number of rotatable bonds is 6. The van der Waals surface area contributed by atoms with Crippen LogP contribution in [0.15, 0.2) is 30.3 Å². The van der Waals surface area contributed by atoms with Crippen LogP contribution in [-0.2, 0) is 23.8 Å². The predicted molar refractivity (Wildman–Crippen MR) is 68.4 cm³/mol. The SMILES string of the molecule is CCOC(=O)C(C)OC(=O)C(OC)c1ccccc1. The zero-order valence-corrected chi connectivity index (χ0v) is 11.3. The van der Waals surface area contributed by atoms with Crippen molar-refractivity contribution in [3.05, 3.63) is 35.9 Å². The second-order valence-corrected chi connectivity index (χ2v) is 3.86. The standard InChI is InChI=1S/C14H18O5/c1-4-18-13(15)10(2)19-14(16)12(17-3)11-8-6-5-7-9-11/h5-10,12H,4H2,1-3H3. The Morgan fingerprint density at radius 3 is 2.32 bits per heavy atom. The largest absolute Gasteiger partial charge is 0.463 e. The highest BCUT2D eigenvalue weighted by atomic mass is 16.6. The summed E-state index contributed by atoms with van der Waals surface area (Å²) in [5.74, 6) is -1.19. The molecule has 0 spiro atoms. The van der Waals surface area contributed by atoms with Crippen LogP contribution in [0.4, 0.5) is 0 Å². The highest BCUT2D eigenvalue weighted by Gasteiger charge is 2.26. The summed E-state index contributed by atoms with van der Waals surface area (Å²) in [6.07, 6.45) is -1.80. The lowest BCUT2D eigenvalue weighted by Gasteiger charge is -2.17. The Morgan fingerprint density at radius 2 is 1.79 bits per heavy atom. The van der Waals surface area contributed by atoms with Gasteiger partial charge in [0.2, 0.25) is 0 Å². The average molecular weight is 266 g/mol. The van der Waals surface area contributed by atoms with Crippen LogP contribution in [0.1, 0.15) is 25.5 Å². The van der Waals surface area contributed by atoms with Crippen molar-refractivity contribution < 1.29 is 23.8 Å². The minimum atomic E-state index is -0.950. The Balaban J connectivity index is 2.68. The fourth-order valence-electron chi connectivity index (χ4n) is 1.54. The molecule has 0 saturated carbocycles. The highest BCUT2D eigenvalue weighted by Crippen LogP contribution is 2.18. The van der Waals surface area contributed by atoms with Crippen LogP contribution in [0.2, 0.25) is 0 Å². The smallest absolute Gasteiger partial charge is 0.347 e. The van der Waals surface area contributed by atoms with Crippen molar-refractivity contribution in [2.24, 2.45) is 0 Å². The van der Waals surface area contributed by atoms with Gasteiger partial charge in [-0.2, -0.15) is 0 Å². The topological polar surface area (TPSA) is 61.8 Å². The van der Waals surface area contributed by atoms with Crippen LogP contribution in [0.3, 0.4) is 0 Å². The van der Waals surface area contributed by atoms with E-state index in [0.717, 1.165) is 0 Å². The summed E-state index contributed by atoms with van der Waals surface area (Å²) < 4.78 is 14.9. The van der Waals surface area contributed by atoms with Gasteiger partial charge in [0.1, 0.15) is 0 Å². The Bertz CT molecular complexity index is 415. The molecule has 2 atom stereocenters. The van der Waals surface area contributed by atoms with E-state index in [1.165, 1.54) is 14.0 Å². The zero-order chi connectivity index (χ0) is 14.3. The molecule has 0 radical (unpaired) electrons. The van der Waals surface area contributed by atoms with Gasteiger partial charge >= 0.3 is 11.9 Å². The molecule has 0 fully saturated rings. The first-order valence-electron chi connectivity index (χ1n) is 6.05. The molecule has 0 N–H and O–H groups in total. The van der Waals surface area contributed by atoms with Gasteiger partial charge in [0.15, 0.2) is 12.2 Å². The molecule has 0 saturated heterocycles.